The first kappa shape index (κ1) is 11.1. The van der Waals surface area contributed by atoms with Crippen LogP contribution in [-0.4, -0.2) is 7.85 Å². The second-order valence-corrected chi connectivity index (χ2v) is 5.07. The molecule has 0 bridgehead atoms. The Morgan fingerprint density at radius 1 is 1.15 bits per heavy atom. The Balaban J connectivity index is 2.52. The molecule has 0 N–H and O–H groups in total. The third kappa shape index (κ3) is 2.30. The summed E-state index contributed by atoms with van der Waals surface area (Å²) in [5.41, 5.74) is 0.428. The van der Waals surface area contributed by atoms with Gasteiger partial charge in [0.15, 0.2) is 0 Å². The molecule has 0 amide bonds. The summed E-state index contributed by atoms with van der Waals surface area (Å²) >= 11 is 0. The topological polar surface area (TPSA) is 0 Å². The average Bonchev–Trinajstić information content (AvgIpc) is 2.82. The number of unbranched alkanes of at least 4 members (excludes halogenated alkanes) is 1. The van der Waals surface area contributed by atoms with Crippen LogP contribution in [0, 0.1) is 5.41 Å². The molecule has 0 aromatic heterocycles. The zero-order valence-electron chi connectivity index (χ0n) is 9.53. The van der Waals surface area contributed by atoms with Crippen molar-refractivity contribution in [1.29, 1.82) is 0 Å². The van der Waals surface area contributed by atoms with E-state index in [0.717, 1.165) is 0 Å². The first-order valence-corrected chi connectivity index (χ1v) is 5.87. The summed E-state index contributed by atoms with van der Waals surface area (Å²) in [6.07, 6.45) is 9.07. The highest BCUT2D eigenvalue weighted by Crippen LogP contribution is 2.66. The van der Waals surface area contributed by atoms with E-state index in [-0.39, 0.29) is 5.31 Å². The fourth-order valence-corrected chi connectivity index (χ4v) is 2.48. The van der Waals surface area contributed by atoms with Crippen LogP contribution in [0.1, 0.15) is 65.7 Å². The molecule has 0 aromatic carbocycles. The summed E-state index contributed by atoms with van der Waals surface area (Å²) in [6, 6.07) is 0. The molecule has 13 heavy (non-hydrogen) atoms. The molecule has 1 unspecified atom stereocenters. The molecule has 0 aliphatic heterocycles. The Hall–Kier alpha value is 0.0649. The molecular weight excluding hydrogens is 155 g/mol. The second kappa shape index (κ2) is 4.06. The zero-order valence-corrected chi connectivity index (χ0v) is 9.53. The van der Waals surface area contributed by atoms with Crippen LogP contribution >= 0.6 is 0 Å². The Morgan fingerprint density at radius 3 is 2.15 bits per heavy atom. The van der Waals surface area contributed by atoms with Crippen molar-refractivity contribution in [3.63, 3.8) is 0 Å². The van der Waals surface area contributed by atoms with Crippen molar-refractivity contribution in [3.05, 3.63) is 0 Å². The first-order chi connectivity index (χ1) is 6.08. The molecule has 1 atom stereocenters. The summed E-state index contributed by atoms with van der Waals surface area (Å²) in [6.45, 7) is 6.94. The molecule has 2 radical (unpaired) electrons. The van der Waals surface area contributed by atoms with Crippen molar-refractivity contribution < 1.29 is 0 Å². The summed E-state index contributed by atoms with van der Waals surface area (Å²) in [5, 5.41) is 0.207. The minimum Gasteiger partial charge on any atom is -0.0654 e. The van der Waals surface area contributed by atoms with Gasteiger partial charge in [0.2, 0.25) is 0 Å². The molecule has 1 aliphatic carbocycles. The van der Waals surface area contributed by atoms with E-state index in [1.807, 2.05) is 0 Å². The zero-order chi connectivity index (χ0) is 9.95. The molecule has 1 fully saturated rings. The van der Waals surface area contributed by atoms with E-state index in [1.165, 1.54) is 44.9 Å². The van der Waals surface area contributed by atoms with E-state index in [1.54, 1.807) is 0 Å². The van der Waals surface area contributed by atoms with Gasteiger partial charge < -0.3 is 0 Å². The van der Waals surface area contributed by atoms with Crippen molar-refractivity contribution in [3.8, 4) is 0 Å². The van der Waals surface area contributed by atoms with Crippen molar-refractivity contribution in [2.24, 2.45) is 5.41 Å². The van der Waals surface area contributed by atoms with Crippen LogP contribution in [0.4, 0.5) is 0 Å². The average molecular weight is 178 g/mol. The normalized spacial score (nSPS) is 23.9. The second-order valence-electron chi connectivity index (χ2n) is 5.07. The molecule has 1 heteroatoms. The van der Waals surface area contributed by atoms with Crippen molar-refractivity contribution in [1.82, 2.24) is 0 Å². The van der Waals surface area contributed by atoms with E-state index >= 15 is 0 Å². The molecule has 0 heterocycles. The minimum absolute atomic E-state index is 0.207. The number of rotatable bonds is 6. The standard InChI is InChI=1S/C12H23B/c1-4-6-8-11(3,7-5-2)12(13)9-10-12/h4-10H2,1-3H3. The lowest BCUT2D eigenvalue weighted by atomic mass is 9.59. The van der Waals surface area contributed by atoms with Crippen molar-refractivity contribution >= 4 is 7.85 Å². The summed E-state index contributed by atoms with van der Waals surface area (Å²) in [7, 11) is 6.35. The molecule has 74 valence electrons. The van der Waals surface area contributed by atoms with Crippen LogP contribution in [0.15, 0.2) is 0 Å². The molecule has 1 saturated carbocycles. The van der Waals surface area contributed by atoms with E-state index in [0.29, 0.717) is 5.41 Å². The lowest BCUT2D eigenvalue weighted by Crippen LogP contribution is -2.24. The van der Waals surface area contributed by atoms with Gasteiger partial charge in [-0.25, -0.2) is 0 Å². The largest absolute Gasteiger partial charge is 0.0753 e. The quantitative estimate of drug-likeness (QED) is 0.537. The van der Waals surface area contributed by atoms with E-state index in [2.05, 4.69) is 20.8 Å². The van der Waals surface area contributed by atoms with Crippen LogP contribution in [-0.2, 0) is 0 Å². The summed E-state index contributed by atoms with van der Waals surface area (Å²) in [5.74, 6) is 0. The highest BCUT2D eigenvalue weighted by molar-refractivity contribution is 6.17. The Kier molecular flexibility index (Phi) is 3.48. The Bertz CT molecular complexity index is 161. The molecule has 1 aliphatic rings. The SMILES string of the molecule is [B]C1(C(C)(CCC)CCCC)CC1. The third-order valence-electron chi connectivity index (χ3n) is 3.87. The van der Waals surface area contributed by atoms with Gasteiger partial charge in [0, 0.05) is 0 Å². The van der Waals surface area contributed by atoms with Crippen LogP contribution < -0.4 is 0 Å². The molecule has 0 spiro atoms. The fourth-order valence-electron chi connectivity index (χ4n) is 2.48. The minimum atomic E-state index is 0.207. The lowest BCUT2D eigenvalue weighted by Gasteiger charge is -2.37. The maximum atomic E-state index is 6.35. The monoisotopic (exact) mass is 178 g/mol. The molecule has 0 aromatic rings. The van der Waals surface area contributed by atoms with Gasteiger partial charge in [-0.1, -0.05) is 58.2 Å². The van der Waals surface area contributed by atoms with Gasteiger partial charge in [0.1, 0.15) is 0 Å². The van der Waals surface area contributed by atoms with Crippen LogP contribution in [0.2, 0.25) is 5.31 Å². The molecule has 0 saturated heterocycles. The van der Waals surface area contributed by atoms with Gasteiger partial charge in [0.05, 0.1) is 7.85 Å². The number of hydrogen-bond donors (Lipinski definition) is 0. The van der Waals surface area contributed by atoms with E-state index < -0.39 is 0 Å². The lowest BCUT2D eigenvalue weighted by molar-refractivity contribution is 0.230. The van der Waals surface area contributed by atoms with E-state index in [4.69, 9.17) is 7.85 Å². The van der Waals surface area contributed by atoms with Gasteiger partial charge in [-0.2, -0.15) is 0 Å². The van der Waals surface area contributed by atoms with Crippen LogP contribution in [0.5, 0.6) is 0 Å². The Labute approximate surface area is 84.9 Å². The molecule has 1 rings (SSSR count). The summed E-state index contributed by atoms with van der Waals surface area (Å²) in [4.78, 5) is 0. The highest BCUT2D eigenvalue weighted by atomic mass is 14.5. The van der Waals surface area contributed by atoms with Gasteiger partial charge in [-0.15, -0.1) is 0 Å². The van der Waals surface area contributed by atoms with E-state index in [9.17, 15) is 0 Å². The van der Waals surface area contributed by atoms with Crippen molar-refractivity contribution in [2.75, 3.05) is 0 Å². The highest BCUT2D eigenvalue weighted by Gasteiger charge is 2.50. The maximum Gasteiger partial charge on any atom is 0.0753 e. The smallest absolute Gasteiger partial charge is 0.0654 e. The van der Waals surface area contributed by atoms with Crippen LogP contribution in [0.3, 0.4) is 0 Å². The third-order valence-corrected chi connectivity index (χ3v) is 3.87. The number of hydrogen-bond acceptors (Lipinski definition) is 0. The van der Waals surface area contributed by atoms with Crippen molar-refractivity contribution in [2.45, 2.75) is 71.0 Å². The predicted octanol–water partition coefficient (Wildman–Crippen LogP) is 4.10. The Morgan fingerprint density at radius 2 is 1.77 bits per heavy atom. The predicted molar refractivity (Wildman–Crippen MR) is 60.2 cm³/mol. The maximum absolute atomic E-state index is 6.35. The first-order valence-electron chi connectivity index (χ1n) is 5.87. The summed E-state index contributed by atoms with van der Waals surface area (Å²) < 4.78 is 0. The van der Waals surface area contributed by atoms with Crippen LogP contribution in [0.25, 0.3) is 0 Å². The van der Waals surface area contributed by atoms with Gasteiger partial charge in [-0.3, -0.25) is 0 Å². The fraction of sp³-hybridized carbons (Fsp3) is 1.00. The molecular formula is C12H23B. The van der Waals surface area contributed by atoms with Gasteiger partial charge in [0.25, 0.3) is 0 Å². The molecule has 0 nitrogen and oxygen atoms in total. The van der Waals surface area contributed by atoms with Gasteiger partial charge in [-0.05, 0) is 18.3 Å². The van der Waals surface area contributed by atoms with Gasteiger partial charge >= 0.3 is 0 Å².